The van der Waals surface area contributed by atoms with Crippen LogP contribution < -0.4 is 11.0 Å². The number of H-pyrrole nitrogens is 1. The van der Waals surface area contributed by atoms with E-state index in [9.17, 15) is 9.59 Å². The van der Waals surface area contributed by atoms with Gasteiger partial charge >= 0.3 is 5.69 Å². The second kappa shape index (κ2) is 6.29. The van der Waals surface area contributed by atoms with E-state index in [0.717, 1.165) is 5.56 Å². The third-order valence-electron chi connectivity index (χ3n) is 2.79. The molecule has 0 spiro atoms. The summed E-state index contributed by atoms with van der Waals surface area (Å²) in [6, 6.07) is 11.2. The van der Waals surface area contributed by atoms with Gasteiger partial charge in [-0.05, 0) is 18.6 Å². The summed E-state index contributed by atoms with van der Waals surface area (Å²) in [6.45, 7) is 2.09. The van der Waals surface area contributed by atoms with Crippen molar-refractivity contribution >= 4 is 18.1 Å². The van der Waals surface area contributed by atoms with Crippen molar-refractivity contribution in [3.05, 3.63) is 62.8 Å². The molecule has 2 N–H and O–H groups in total. The number of aromatic amines is 1. The minimum atomic E-state index is -0.370. The van der Waals surface area contributed by atoms with Crippen LogP contribution >= 0.6 is 12.2 Å². The third-order valence-corrected chi connectivity index (χ3v) is 3.13. The number of aromatic nitrogens is 2. The molecule has 1 amide bonds. The fourth-order valence-electron chi connectivity index (χ4n) is 1.78. The van der Waals surface area contributed by atoms with Crippen molar-refractivity contribution in [3.8, 4) is 0 Å². The molecule has 2 aromatic rings. The number of amides is 1. The zero-order valence-electron chi connectivity index (χ0n) is 11.1. The lowest BCUT2D eigenvalue weighted by Crippen LogP contribution is -2.33. The lowest BCUT2D eigenvalue weighted by atomic mass is 10.2. The van der Waals surface area contributed by atoms with Crippen molar-refractivity contribution in [2.24, 2.45) is 0 Å². The number of nitrogens with one attached hydrogen (secondary N) is 2. The van der Waals surface area contributed by atoms with Gasteiger partial charge in [-0.1, -0.05) is 42.5 Å². The Morgan fingerprint density at radius 1 is 1.35 bits per heavy atom. The van der Waals surface area contributed by atoms with Crippen LogP contribution in [0.25, 0.3) is 0 Å². The Morgan fingerprint density at radius 3 is 2.70 bits per heavy atom. The molecule has 1 aromatic heterocycles. The highest BCUT2D eigenvalue weighted by Crippen LogP contribution is 1.97. The standard InChI is InChI=1S/C14H15N3O2S/c1-10-7-13(20)17(14(19)16-10)9-12(18)15-8-11-5-3-2-4-6-11/h2-7H,8-9H2,1H3,(H,15,18)(H,16,19). The first-order valence-corrected chi connectivity index (χ1v) is 6.58. The van der Waals surface area contributed by atoms with E-state index >= 15 is 0 Å². The fourth-order valence-corrected chi connectivity index (χ4v) is 2.11. The molecule has 1 heterocycles. The Labute approximate surface area is 121 Å². The summed E-state index contributed by atoms with van der Waals surface area (Å²) < 4.78 is 1.59. The molecule has 5 nitrogen and oxygen atoms in total. The van der Waals surface area contributed by atoms with E-state index < -0.39 is 0 Å². The molecule has 0 atom stereocenters. The van der Waals surface area contributed by atoms with E-state index in [1.54, 1.807) is 13.0 Å². The normalized spacial score (nSPS) is 10.2. The maximum Gasteiger partial charge on any atom is 0.327 e. The molecule has 0 unspecified atom stereocenters. The second-order valence-electron chi connectivity index (χ2n) is 4.44. The number of carbonyl (C=O) groups excluding carboxylic acids is 1. The molecule has 1 aromatic carbocycles. The summed E-state index contributed by atoms with van der Waals surface area (Å²) in [5.41, 5.74) is 1.31. The van der Waals surface area contributed by atoms with Gasteiger partial charge in [0.1, 0.15) is 11.2 Å². The smallest absolute Gasteiger partial charge is 0.327 e. The van der Waals surface area contributed by atoms with Crippen molar-refractivity contribution in [1.82, 2.24) is 14.9 Å². The molecule has 0 saturated carbocycles. The summed E-state index contributed by atoms with van der Waals surface area (Å²) >= 11 is 5.09. The van der Waals surface area contributed by atoms with Gasteiger partial charge in [0.25, 0.3) is 0 Å². The number of carbonyl (C=O) groups is 1. The summed E-state index contributed by atoms with van der Waals surface area (Å²) in [4.78, 5) is 26.2. The van der Waals surface area contributed by atoms with E-state index in [2.05, 4.69) is 10.3 Å². The number of benzene rings is 1. The van der Waals surface area contributed by atoms with E-state index in [4.69, 9.17) is 12.2 Å². The molecular formula is C14H15N3O2S. The number of aryl methyl sites for hydroxylation is 1. The Hall–Kier alpha value is -2.21. The monoisotopic (exact) mass is 289 g/mol. The highest BCUT2D eigenvalue weighted by Gasteiger charge is 2.06. The SMILES string of the molecule is Cc1cc(=S)n(CC(=O)NCc2ccccc2)c(=O)[nH]1. The van der Waals surface area contributed by atoms with E-state index in [0.29, 0.717) is 16.9 Å². The highest BCUT2D eigenvalue weighted by atomic mass is 32.1. The number of nitrogens with zero attached hydrogens (tertiary/aromatic N) is 1. The third kappa shape index (κ3) is 3.64. The maximum absolute atomic E-state index is 11.8. The van der Waals surface area contributed by atoms with Gasteiger partial charge in [-0.15, -0.1) is 0 Å². The fraction of sp³-hybridized carbons (Fsp3) is 0.214. The van der Waals surface area contributed by atoms with Crippen LogP contribution in [-0.2, 0) is 17.9 Å². The summed E-state index contributed by atoms with van der Waals surface area (Å²) in [6.07, 6.45) is 0. The molecule has 0 fully saturated rings. The van der Waals surface area contributed by atoms with Crippen molar-refractivity contribution in [3.63, 3.8) is 0 Å². The first kappa shape index (κ1) is 14.2. The van der Waals surface area contributed by atoms with Crippen molar-refractivity contribution < 1.29 is 4.79 Å². The van der Waals surface area contributed by atoms with E-state index in [1.807, 2.05) is 30.3 Å². The minimum Gasteiger partial charge on any atom is -0.350 e. The van der Waals surface area contributed by atoms with Gasteiger partial charge < -0.3 is 10.3 Å². The Morgan fingerprint density at radius 2 is 2.05 bits per heavy atom. The minimum absolute atomic E-state index is 0.0821. The van der Waals surface area contributed by atoms with Crippen LogP contribution in [0.3, 0.4) is 0 Å². The molecule has 0 radical (unpaired) electrons. The first-order chi connectivity index (χ1) is 9.56. The van der Waals surface area contributed by atoms with Gasteiger partial charge in [0.15, 0.2) is 0 Å². The molecule has 0 saturated heterocycles. The Balaban J connectivity index is 2.02. The topological polar surface area (TPSA) is 66.9 Å². The first-order valence-electron chi connectivity index (χ1n) is 6.17. The van der Waals surface area contributed by atoms with E-state index in [-0.39, 0.29) is 18.1 Å². The van der Waals surface area contributed by atoms with Gasteiger partial charge in [-0.25, -0.2) is 4.79 Å². The lowest BCUT2D eigenvalue weighted by molar-refractivity contribution is -0.121. The zero-order chi connectivity index (χ0) is 14.5. The van der Waals surface area contributed by atoms with Gasteiger partial charge in [0, 0.05) is 12.2 Å². The van der Waals surface area contributed by atoms with Crippen LogP contribution in [0.4, 0.5) is 0 Å². The van der Waals surface area contributed by atoms with Crippen LogP contribution in [0.1, 0.15) is 11.3 Å². The molecule has 0 bridgehead atoms. The van der Waals surface area contributed by atoms with Crippen LogP contribution in [0.2, 0.25) is 0 Å². The molecule has 6 heteroatoms. The van der Waals surface area contributed by atoms with Gasteiger partial charge in [-0.3, -0.25) is 9.36 Å². The predicted octanol–water partition coefficient (Wildman–Crippen LogP) is 1.53. The quantitative estimate of drug-likeness (QED) is 0.839. The van der Waals surface area contributed by atoms with Gasteiger partial charge in [-0.2, -0.15) is 0 Å². The average Bonchev–Trinajstić information content (AvgIpc) is 2.42. The summed E-state index contributed by atoms with van der Waals surface area (Å²) in [7, 11) is 0. The molecule has 0 aliphatic carbocycles. The molecule has 0 aliphatic heterocycles. The maximum atomic E-state index is 11.8. The van der Waals surface area contributed by atoms with Crippen LogP contribution in [0, 0.1) is 11.6 Å². The number of rotatable bonds is 4. The summed E-state index contributed by atoms with van der Waals surface area (Å²) in [5, 5.41) is 2.76. The zero-order valence-corrected chi connectivity index (χ0v) is 11.9. The lowest BCUT2D eigenvalue weighted by Gasteiger charge is -2.08. The van der Waals surface area contributed by atoms with Crippen molar-refractivity contribution in [2.45, 2.75) is 20.0 Å². The number of hydrogen-bond acceptors (Lipinski definition) is 3. The summed E-state index contributed by atoms with van der Waals surface area (Å²) in [5.74, 6) is -0.251. The molecule has 104 valence electrons. The van der Waals surface area contributed by atoms with Gasteiger partial charge in [0.2, 0.25) is 5.91 Å². The second-order valence-corrected chi connectivity index (χ2v) is 4.86. The van der Waals surface area contributed by atoms with Crippen molar-refractivity contribution in [2.75, 3.05) is 0 Å². The van der Waals surface area contributed by atoms with Crippen LogP contribution in [0.15, 0.2) is 41.2 Å². The van der Waals surface area contributed by atoms with Crippen LogP contribution in [-0.4, -0.2) is 15.5 Å². The molecule has 2 rings (SSSR count). The molecular weight excluding hydrogens is 274 g/mol. The Bertz CT molecular complexity index is 688. The predicted molar refractivity (Wildman–Crippen MR) is 78.9 cm³/mol. The van der Waals surface area contributed by atoms with Crippen molar-refractivity contribution in [1.29, 1.82) is 0 Å². The Kier molecular flexibility index (Phi) is 4.47. The number of hydrogen-bond donors (Lipinski definition) is 2. The van der Waals surface area contributed by atoms with Crippen LogP contribution in [0.5, 0.6) is 0 Å². The highest BCUT2D eigenvalue weighted by molar-refractivity contribution is 7.71. The molecule has 0 aliphatic rings. The average molecular weight is 289 g/mol. The largest absolute Gasteiger partial charge is 0.350 e. The molecule has 20 heavy (non-hydrogen) atoms. The van der Waals surface area contributed by atoms with E-state index in [1.165, 1.54) is 4.57 Å². The van der Waals surface area contributed by atoms with Gasteiger partial charge in [0.05, 0.1) is 0 Å².